The van der Waals surface area contributed by atoms with Gasteiger partial charge in [-0.15, -0.1) is 0 Å². The molecule has 0 saturated carbocycles. The molecule has 0 fully saturated rings. The molecule has 0 aliphatic carbocycles. The van der Waals surface area contributed by atoms with Crippen LogP contribution in [0.3, 0.4) is 0 Å². The van der Waals surface area contributed by atoms with Gasteiger partial charge in [-0.1, -0.05) is 18.2 Å². The summed E-state index contributed by atoms with van der Waals surface area (Å²) in [6.07, 6.45) is -0.0739. The molecule has 1 heterocycles. The van der Waals surface area contributed by atoms with Gasteiger partial charge in [0.1, 0.15) is 0 Å². The number of hydrogen-bond donors (Lipinski definition) is 2. The number of aryl methyl sites for hydroxylation is 1. The van der Waals surface area contributed by atoms with E-state index in [4.69, 9.17) is 5.11 Å². The predicted octanol–water partition coefficient (Wildman–Crippen LogP) is 1.69. The fourth-order valence-electron chi connectivity index (χ4n) is 2.18. The summed E-state index contributed by atoms with van der Waals surface area (Å²) in [4.78, 5) is 22.6. The Kier molecular flexibility index (Phi) is 3.55. The lowest BCUT2D eigenvalue weighted by molar-refractivity contribution is -0.136. The van der Waals surface area contributed by atoms with Crippen LogP contribution in [0.2, 0.25) is 0 Å². The average Bonchev–Trinajstić information content (AvgIpc) is 2.62. The topological polar surface area (TPSA) is 71.3 Å². The van der Waals surface area contributed by atoms with Crippen molar-refractivity contribution >= 4 is 22.8 Å². The number of amides is 1. The molecule has 0 atom stereocenters. The van der Waals surface area contributed by atoms with Crippen LogP contribution < -0.4 is 5.32 Å². The Morgan fingerprint density at radius 3 is 2.68 bits per heavy atom. The highest BCUT2D eigenvalue weighted by Crippen LogP contribution is 2.24. The summed E-state index contributed by atoms with van der Waals surface area (Å²) >= 11 is 0. The van der Waals surface area contributed by atoms with E-state index >= 15 is 0 Å². The lowest BCUT2D eigenvalue weighted by Crippen LogP contribution is -2.26. The molecule has 2 aromatic rings. The standard InChI is InChI=1S/C14H16N2O3/c1-9-13(14(19)15-8-7-12(17)18)10-5-3-4-6-11(10)16(9)2/h3-6H,7-8H2,1-2H3,(H,15,19)(H,17,18). The molecule has 0 aliphatic heterocycles. The fraction of sp³-hybridized carbons (Fsp3) is 0.286. The van der Waals surface area contributed by atoms with Crippen LogP contribution in [0.25, 0.3) is 10.9 Å². The molecule has 5 heteroatoms. The van der Waals surface area contributed by atoms with E-state index in [1.54, 1.807) is 0 Å². The Morgan fingerprint density at radius 1 is 1.32 bits per heavy atom. The van der Waals surface area contributed by atoms with Crippen molar-refractivity contribution < 1.29 is 14.7 Å². The van der Waals surface area contributed by atoms with Gasteiger partial charge in [0, 0.05) is 30.2 Å². The zero-order chi connectivity index (χ0) is 14.0. The van der Waals surface area contributed by atoms with Crippen molar-refractivity contribution in [1.29, 1.82) is 0 Å². The first-order valence-electron chi connectivity index (χ1n) is 6.06. The third kappa shape index (κ3) is 2.45. The van der Waals surface area contributed by atoms with Crippen molar-refractivity contribution in [3.63, 3.8) is 0 Å². The van der Waals surface area contributed by atoms with Crippen LogP contribution in [0, 0.1) is 6.92 Å². The third-order valence-corrected chi connectivity index (χ3v) is 3.25. The van der Waals surface area contributed by atoms with Gasteiger partial charge in [0.25, 0.3) is 5.91 Å². The normalized spacial score (nSPS) is 10.6. The molecule has 2 N–H and O–H groups in total. The Balaban J connectivity index is 2.31. The summed E-state index contributed by atoms with van der Waals surface area (Å²) in [6, 6.07) is 7.66. The fourth-order valence-corrected chi connectivity index (χ4v) is 2.18. The maximum Gasteiger partial charge on any atom is 0.305 e. The zero-order valence-electron chi connectivity index (χ0n) is 10.9. The summed E-state index contributed by atoms with van der Waals surface area (Å²) < 4.78 is 1.96. The molecule has 1 amide bonds. The van der Waals surface area contributed by atoms with Gasteiger partial charge in [-0.05, 0) is 13.0 Å². The number of aromatic nitrogens is 1. The quantitative estimate of drug-likeness (QED) is 0.878. The number of benzene rings is 1. The number of carboxylic acids is 1. The summed E-state index contributed by atoms with van der Waals surface area (Å²) in [5.74, 6) is -1.15. The number of para-hydroxylation sites is 1. The van der Waals surface area contributed by atoms with Gasteiger partial charge in [0.15, 0.2) is 0 Å². The van der Waals surface area contributed by atoms with Gasteiger partial charge in [-0.25, -0.2) is 0 Å². The van der Waals surface area contributed by atoms with E-state index in [0.29, 0.717) is 5.56 Å². The van der Waals surface area contributed by atoms with Gasteiger partial charge >= 0.3 is 5.97 Å². The minimum absolute atomic E-state index is 0.0739. The van der Waals surface area contributed by atoms with Gasteiger partial charge in [0.05, 0.1) is 12.0 Å². The van der Waals surface area contributed by atoms with Gasteiger partial charge in [-0.2, -0.15) is 0 Å². The summed E-state index contributed by atoms with van der Waals surface area (Å²) in [6.45, 7) is 2.02. The van der Waals surface area contributed by atoms with Crippen LogP contribution in [-0.4, -0.2) is 28.1 Å². The van der Waals surface area contributed by atoms with E-state index in [1.807, 2.05) is 42.8 Å². The highest BCUT2D eigenvalue weighted by molar-refractivity contribution is 6.08. The molecule has 0 radical (unpaired) electrons. The minimum Gasteiger partial charge on any atom is -0.481 e. The molecule has 19 heavy (non-hydrogen) atoms. The Morgan fingerprint density at radius 2 is 2.00 bits per heavy atom. The molecular weight excluding hydrogens is 244 g/mol. The molecule has 0 bridgehead atoms. The number of aliphatic carboxylic acids is 1. The maximum absolute atomic E-state index is 12.2. The van der Waals surface area contributed by atoms with Crippen LogP contribution in [0.15, 0.2) is 24.3 Å². The average molecular weight is 260 g/mol. The zero-order valence-corrected chi connectivity index (χ0v) is 10.9. The van der Waals surface area contributed by atoms with Crippen molar-refractivity contribution in [3.8, 4) is 0 Å². The number of carbonyl (C=O) groups is 2. The smallest absolute Gasteiger partial charge is 0.305 e. The Hall–Kier alpha value is -2.30. The molecule has 0 spiro atoms. The lowest BCUT2D eigenvalue weighted by Gasteiger charge is -2.04. The molecule has 100 valence electrons. The highest BCUT2D eigenvalue weighted by Gasteiger charge is 2.17. The van der Waals surface area contributed by atoms with Crippen LogP contribution >= 0.6 is 0 Å². The van der Waals surface area contributed by atoms with E-state index in [1.165, 1.54) is 0 Å². The highest BCUT2D eigenvalue weighted by atomic mass is 16.4. The summed E-state index contributed by atoms with van der Waals surface area (Å²) in [5.41, 5.74) is 2.47. The van der Waals surface area contributed by atoms with Crippen molar-refractivity contribution in [1.82, 2.24) is 9.88 Å². The molecular formula is C14H16N2O3. The molecule has 2 rings (SSSR count). The number of nitrogens with zero attached hydrogens (tertiary/aromatic N) is 1. The maximum atomic E-state index is 12.2. The second-order valence-electron chi connectivity index (χ2n) is 4.44. The summed E-state index contributed by atoms with van der Waals surface area (Å²) in [5, 5.41) is 12.1. The number of carbonyl (C=O) groups excluding carboxylic acids is 1. The van der Waals surface area contributed by atoms with Crippen molar-refractivity contribution in [3.05, 3.63) is 35.5 Å². The van der Waals surface area contributed by atoms with E-state index in [-0.39, 0.29) is 18.9 Å². The monoisotopic (exact) mass is 260 g/mol. The minimum atomic E-state index is -0.921. The first-order chi connectivity index (χ1) is 9.02. The first-order valence-corrected chi connectivity index (χ1v) is 6.06. The predicted molar refractivity (Wildman–Crippen MR) is 72.2 cm³/mol. The largest absolute Gasteiger partial charge is 0.481 e. The number of rotatable bonds is 4. The molecule has 1 aromatic carbocycles. The molecule has 5 nitrogen and oxygen atoms in total. The second kappa shape index (κ2) is 5.14. The van der Waals surface area contributed by atoms with E-state index in [2.05, 4.69) is 5.32 Å². The van der Waals surface area contributed by atoms with Crippen LogP contribution in [0.1, 0.15) is 22.5 Å². The van der Waals surface area contributed by atoms with Crippen LogP contribution in [-0.2, 0) is 11.8 Å². The molecule has 0 aliphatic rings. The number of carboxylic acid groups (broad SMARTS) is 1. The van der Waals surface area contributed by atoms with Crippen LogP contribution in [0.5, 0.6) is 0 Å². The van der Waals surface area contributed by atoms with E-state index < -0.39 is 5.97 Å². The van der Waals surface area contributed by atoms with Gasteiger partial charge < -0.3 is 15.0 Å². The van der Waals surface area contributed by atoms with E-state index in [9.17, 15) is 9.59 Å². The lowest BCUT2D eigenvalue weighted by atomic mass is 10.1. The van der Waals surface area contributed by atoms with Gasteiger partial charge in [-0.3, -0.25) is 9.59 Å². The van der Waals surface area contributed by atoms with Crippen molar-refractivity contribution in [2.75, 3.05) is 6.54 Å². The van der Waals surface area contributed by atoms with Gasteiger partial charge in [0.2, 0.25) is 0 Å². The molecule has 1 aromatic heterocycles. The summed E-state index contributed by atoms with van der Waals surface area (Å²) in [7, 11) is 1.91. The Labute approximate surface area is 110 Å². The SMILES string of the molecule is Cc1c(C(=O)NCCC(=O)O)c2ccccc2n1C. The number of nitrogens with one attached hydrogen (secondary N) is 1. The second-order valence-corrected chi connectivity index (χ2v) is 4.44. The van der Waals surface area contributed by atoms with Crippen molar-refractivity contribution in [2.24, 2.45) is 7.05 Å². The Bertz CT molecular complexity index is 643. The van der Waals surface area contributed by atoms with Crippen molar-refractivity contribution in [2.45, 2.75) is 13.3 Å². The first kappa shape index (κ1) is 13.1. The molecule has 0 saturated heterocycles. The third-order valence-electron chi connectivity index (χ3n) is 3.25. The van der Waals surface area contributed by atoms with Crippen LogP contribution in [0.4, 0.5) is 0 Å². The molecule has 0 unspecified atom stereocenters. The van der Waals surface area contributed by atoms with E-state index in [0.717, 1.165) is 16.6 Å². The number of fused-ring (bicyclic) bond motifs is 1. The number of hydrogen-bond acceptors (Lipinski definition) is 2.